The molecule has 1 amide bonds. The van der Waals surface area contributed by atoms with E-state index in [9.17, 15) is 9.90 Å². The molecule has 0 aliphatic heterocycles. The molecule has 2 heterocycles. The van der Waals surface area contributed by atoms with E-state index in [-0.39, 0.29) is 18.6 Å². The van der Waals surface area contributed by atoms with Crippen molar-refractivity contribution < 1.29 is 9.90 Å². The summed E-state index contributed by atoms with van der Waals surface area (Å²) in [7, 11) is 0. The maximum atomic E-state index is 12.7. The molecule has 2 aromatic heterocycles. The fourth-order valence-corrected chi connectivity index (χ4v) is 2.83. The maximum absolute atomic E-state index is 12.7. The van der Waals surface area contributed by atoms with Gasteiger partial charge in [-0.2, -0.15) is 5.10 Å². The first-order valence-electron chi connectivity index (χ1n) is 8.32. The first kappa shape index (κ1) is 17.1. The van der Waals surface area contributed by atoms with Gasteiger partial charge in [0, 0.05) is 11.4 Å². The van der Waals surface area contributed by atoms with Crippen molar-refractivity contribution in [2.45, 2.75) is 32.9 Å². The Morgan fingerprint density at radius 3 is 2.64 bits per heavy atom. The second-order valence-electron chi connectivity index (χ2n) is 6.34. The Bertz CT molecular complexity index is 887. The third-order valence-corrected chi connectivity index (χ3v) is 4.18. The average Bonchev–Trinajstić information content (AvgIpc) is 3.02. The van der Waals surface area contributed by atoms with Crippen molar-refractivity contribution in [1.82, 2.24) is 20.1 Å². The van der Waals surface area contributed by atoms with E-state index in [1.165, 1.54) is 0 Å². The first-order valence-corrected chi connectivity index (χ1v) is 8.32. The Balaban J connectivity index is 1.90. The Morgan fingerprint density at radius 1 is 1.28 bits per heavy atom. The summed E-state index contributed by atoms with van der Waals surface area (Å²) in [6.07, 6.45) is 1.72. The van der Waals surface area contributed by atoms with Crippen LogP contribution in [-0.4, -0.2) is 32.4 Å². The lowest BCUT2D eigenvalue weighted by Gasteiger charge is -2.17. The highest BCUT2D eigenvalue weighted by molar-refractivity contribution is 5.98. The van der Waals surface area contributed by atoms with Crippen LogP contribution in [0, 0.1) is 6.92 Å². The molecule has 0 aliphatic rings. The molecule has 1 unspecified atom stereocenters. The van der Waals surface area contributed by atoms with Gasteiger partial charge < -0.3 is 10.4 Å². The molecule has 0 spiro atoms. The molecule has 3 rings (SSSR count). The highest BCUT2D eigenvalue weighted by Gasteiger charge is 2.19. The van der Waals surface area contributed by atoms with Crippen LogP contribution in [0.25, 0.3) is 11.0 Å². The molecule has 1 atom stereocenters. The van der Waals surface area contributed by atoms with Gasteiger partial charge in [0.15, 0.2) is 5.65 Å². The van der Waals surface area contributed by atoms with E-state index in [0.29, 0.717) is 11.3 Å². The van der Waals surface area contributed by atoms with Crippen LogP contribution in [0.1, 0.15) is 47.5 Å². The number of nitrogens with one attached hydrogen (secondary N) is 1. The fourth-order valence-electron chi connectivity index (χ4n) is 2.83. The predicted octanol–water partition coefficient (Wildman–Crippen LogP) is 2.78. The Hall–Kier alpha value is -2.73. The van der Waals surface area contributed by atoms with Gasteiger partial charge in [-0.15, -0.1) is 0 Å². The quantitative estimate of drug-likeness (QED) is 0.750. The maximum Gasteiger partial charge on any atom is 0.253 e. The highest BCUT2D eigenvalue weighted by Crippen LogP contribution is 2.20. The van der Waals surface area contributed by atoms with Gasteiger partial charge >= 0.3 is 0 Å². The summed E-state index contributed by atoms with van der Waals surface area (Å²) >= 11 is 0. The molecular formula is C19H22N4O2. The molecule has 1 aromatic carbocycles. The van der Waals surface area contributed by atoms with Gasteiger partial charge in [0.25, 0.3) is 5.91 Å². The molecule has 0 saturated carbocycles. The lowest BCUT2D eigenvalue weighted by Crippen LogP contribution is -2.31. The second kappa shape index (κ2) is 7.03. The molecular weight excluding hydrogens is 316 g/mol. The molecule has 0 radical (unpaired) electrons. The van der Waals surface area contributed by atoms with Crippen molar-refractivity contribution in [3.8, 4) is 0 Å². The molecule has 0 saturated heterocycles. The van der Waals surface area contributed by atoms with Crippen LogP contribution in [-0.2, 0) is 0 Å². The van der Waals surface area contributed by atoms with Crippen LogP contribution in [0.4, 0.5) is 0 Å². The van der Waals surface area contributed by atoms with Crippen molar-refractivity contribution in [3.63, 3.8) is 0 Å². The van der Waals surface area contributed by atoms with Crippen molar-refractivity contribution in [2.75, 3.05) is 6.61 Å². The number of aryl methyl sites for hydroxylation is 1. The third-order valence-electron chi connectivity index (χ3n) is 4.18. The smallest absolute Gasteiger partial charge is 0.253 e. The average molecular weight is 338 g/mol. The number of carbonyl (C=O) groups excluding carboxylic acids is 1. The largest absolute Gasteiger partial charge is 0.394 e. The fraction of sp³-hybridized carbons (Fsp3) is 0.316. The summed E-state index contributed by atoms with van der Waals surface area (Å²) in [5, 5.41) is 17.7. The number of rotatable bonds is 5. The van der Waals surface area contributed by atoms with Crippen LogP contribution in [0.2, 0.25) is 0 Å². The lowest BCUT2D eigenvalue weighted by atomic mass is 10.1. The van der Waals surface area contributed by atoms with E-state index < -0.39 is 6.04 Å². The molecule has 25 heavy (non-hydrogen) atoms. The number of nitrogens with zero attached hydrogens (tertiary/aromatic N) is 3. The van der Waals surface area contributed by atoms with Crippen LogP contribution in [0.5, 0.6) is 0 Å². The zero-order valence-corrected chi connectivity index (χ0v) is 14.6. The number of amides is 1. The third kappa shape index (κ3) is 3.39. The van der Waals surface area contributed by atoms with E-state index in [1.54, 1.807) is 12.3 Å². The number of benzene rings is 1. The SMILES string of the molecule is Cc1nc2c(cnn2C(C)C)cc1C(=O)NC(CO)c1ccccc1. The summed E-state index contributed by atoms with van der Waals surface area (Å²) in [6, 6.07) is 11.0. The zero-order valence-electron chi connectivity index (χ0n) is 14.6. The van der Waals surface area contributed by atoms with E-state index >= 15 is 0 Å². The minimum absolute atomic E-state index is 0.171. The van der Waals surface area contributed by atoms with Crippen molar-refractivity contribution >= 4 is 16.9 Å². The number of aliphatic hydroxyl groups is 1. The van der Waals surface area contributed by atoms with Gasteiger partial charge in [-0.25, -0.2) is 9.67 Å². The topological polar surface area (TPSA) is 80.0 Å². The van der Waals surface area contributed by atoms with Crippen LogP contribution >= 0.6 is 0 Å². The van der Waals surface area contributed by atoms with Gasteiger partial charge in [0.2, 0.25) is 0 Å². The molecule has 6 nitrogen and oxygen atoms in total. The first-order chi connectivity index (χ1) is 12.0. The van der Waals surface area contributed by atoms with Crippen LogP contribution in [0.3, 0.4) is 0 Å². The number of pyridine rings is 1. The minimum atomic E-state index is -0.456. The predicted molar refractivity (Wildman–Crippen MR) is 96.4 cm³/mol. The Labute approximate surface area is 146 Å². The van der Waals surface area contributed by atoms with Gasteiger partial charge in [-0.1, -0.05) is 30.3 Å². The minimum Gasteiger partial charge on any atom is -0.394 e. The van der Waals surface area contributed by atoms with Gasteiger partial charge in [-0.3, -0.25) is 4.79 Å². The van der Waals surface area contributed by atoms with Gasteiger partial charge in [0.05, 0.1) is 30.1 Å². The molecule has 6 heteroatoms. The molecule has 2 N–H and O–H groups in total. The second-order valence-corrected chi connectivity index (χ2v) is 6.34. The summed E-state index contributed by atoms with van der Waals surface area (Å²) in [5.74, 6) is -0.257. The van der Waals surface area contributed by atoms with E-state index in [2.05, 4.69) is 15.4 Å². The number of aliphatic hydroxyl groups excluding tert-OH is 1. The lowest BCUT2D eigenvalue weighted by molar-refractivity contribution is 0.0915. The summed E-state index contributed by atoms with van der Waals surface area (Å²) in [5.41, 5.74) is 2.76. The number of fused-ring (bicyclic) bond motifs is 1. The van der Waals surface area contributed by atoms with Crippen molar-refractivity contribution in [3.05, 3.63) is 59.4 Å². The highest BCUT2D eigenvalue weighted by atomic mass is 16.3. The van der Waals surface area contributed by atoms with Crippen molar-refractivity contribution in [2.24, 2.45) is 0 Å². The molecule has 0 fully saturated rings. The normalized spacial score (nSPS) is 12.5. The van der Waals surface area contributed by atoms with Crippen molar-refractivity contribution in [1.29, 1.82) is 0 Å². The number of aromatic nitrogens is 3. The Kier molecular flexibility index (Phi) is 4.81. The van der Waals surface area contributed by atoms with Crippen LogP contribution in [0.15, 0.2) is 42.6 Å². The summed E-state index contributed by atoms with van der Waals surface area (Å²) in [6.45, 7) is 5.71. The molecule has 130 valence electrons. The zero-order chi connectivity index (χ0) is 18.0. The van der Waals surface area contributed by atoms with E-state index in [0.717, 1.165) is 16.6 Å². The van der Waals surface area contributed by atoms with Gasteiger partial charge in [-0.05, 0) is 32.4 Å². The van der Waals surface area contributed by atoms with E-state index in [1.807, 2.05) is 55.8 Å². The van der Waals surface area contributed by atoms with Gasteiger partial charge in [0.1, 0.15) is 0 Å². The number of hydrogen-bond donors (Lipinski definition) is 2. The number of hydrogen-bond acceptors (Lipinski definition) is 4. The molecule has 3 aromatic rings. The number of carbonyl (C=O) groups is 1. The van der Waals surface area contributed by atoms with Crippen LogP contribution < -0.4 is 5.32 Å². The summed E-state index contributed by atoms with van der Waals surface area (Å²) < 4.78 is 1.84. The standard InChI is InChI=1S/C19H22N4O2/c1-12(2)23-18-15(10-20-23)9-16(13(3)21-18)19(25)22-17(11-24)14-7-5-4-6-8-14/h4-10,12,17,24H,11H2,1-3H3,(H,22,25). The molecule has 0 bridgehead atoms. The van der Waals surface area contributed by atoms with E-state index in [4.69, 9.17) is 0 Å². The molecule has 0 aliphatic carbocycles. The monoisotopic (exact) mass is 338 g/mol. The summed E-state index contributed by atoms with van der Waals surface area (Å²) in [4.78, 5) is 17.3. The Morgan fingerprint density at radius 2 is 2.00 bits per heavy atom.